The van der Waals surface area contributed by atoms with Gasteiger partial charge in [0.1, 0.15) is 0 Å². The van der Waals surface area contributed by atoms with E-state index in [1.807, 2.05) is 43.3 Å². The highest BCUT2D eigenvalue weighted by Crippen LogP contribution is 2.30. The van der Waals surface area contributed by atoms with Gasteiger partial charge in [-0.1, -0.05) is 41.6 Å². The molecule has 1 atom stereocenters. The number of nitrogens with two attached hydrogens (primary N) is 1. The molecule has 0 saturated heterocycles. The summed E-state index contributed by atoms with van der Waals surface area (Å²) in [4.78, 5) is 8.91. The molecule has 0 amide bonds. The zero-order chi connectivity index (χ0) is 14.8. The van der Waals surface area contributed by atoms with Gasteiger partial charge in [0.25, 0.3) is 0 Å². The fourth-order valence-corrected chi connectivity index (χ4v) is 3.36. The second kappa shape index (κ2) is 6.10. The number of halogens is 1. The average Bonchev–Trinajstić information content (AvgIpc) is 2.83. The number of aromatic amines is 1. The zero-order valence-electron chi connectivity index (χ0n) is 11.6. The van der Waals surface area contributed by atoms with Crippen molar-refractivity contribution in [3.8, 4) is 0 Å². The van der Waals surface area contributed by atoms with Crippen LogP contribution < -0.4 is 5.73 Å². The van der Waals surface area contributed by atoms with Crippen LogP contribution in [0, 0.1) is 0 Å². The van der Waals surface area contributed by atoms with Crippen molar-refractivity contribution < 1.29 is 0 Å². The van der Waals surface area contributed by atoms with Gasteiger partial charge in [-0.3, -0.25) is 0 Å². The van der Waals surface area contributed by atoms with Crippen molar-refractivity contribution in [1.82, 2.24) is 9.97 Å². The van der Waals surface area contributed by atoms with E-state index in [9.17, 15) is 0 Å². The van der Waals surface area contributed by atoms with E-state index in [4.69, 9.17) is 17.3 Å². The summed E-state index contributed by atoms with van der Waals surface area (Å²) in [6.45, 7) is 1.98. The van der Waals surface area contributed by atoms with Gasteiger partial charge < -0.3 is 10.7 Å². The lowest BCUT2D eigenvalue weighted by Crippen LogP contribution is -2.17. The van der Waals surface area contributed by atoms with Crippen LogP contribution in [0.1, 0.15) is 12.5 Å². The van der Waals surface area contributed by atoms with Gasteiger partial charge in [0, 0.05) is 16.0 Å². The number of aromatic nitrogens is 2. The maximum atomic E-state index is 6.32. The van der Waals surface area contributed by atoms with Crippen LogP contribution in [-0.4, -0.2) is 16.0 Å². The number of rotatable bonds is 4. The van der Waals surface area contributed by atoms with Crippen molar-refractivity contribution in [2.45, 2.75) is 29.4 Å². The van der Waals surface area contributed by atoms with E-state index in [-0.39, 0.29) is 6.04 Å². The minimum Gasteiger partial charge on any atom is -0.333 e. The minimum absolute atomic E-state index is 0.108. The molecule has 0 spiro atoms. The van der Waals surface area contributed by atoms with Gasteiger partial charge in [-0.15, -0.1) is 0 Å². The molecule has 0 aliphatic heterocycles. The van der Waals surface area contributed by atoms with E-state index in [2.05, 4.69) is 16.0 Å². The Labute approximate surface area is 132 Å². The highest BCUT2D eigenvalue weighted by molar-refractivity contribution is 7.99. The fraction of sp³-hybridized carbons (Fsp3) is 0.188. The second-order valence-electron chi connectivity index (χ2n) is 5.10. The average molecular weight is 318 g/mol. The first kappa shape index (κ1) is 14.4. The second-order valence-corrected chi connectivity index (χ2v) is 6.57. The summed E-state index contributed by atoms with van der Waals surface area (Å²) in [6, 6.07) is 14.2. The predicted molar refractivity (Wildman–Crippen MR) is 89.0 cm³/mol. The van der Waals surface area contributed by atoms with Crippen LogP contribution in [0.3, 0.4) is 0 Å². The smallest absolute Gasteiger partial charge is 0.171 e. The number of hydrogen-bond donors (Lipinski definition) is 2. The van der Waals surface area contributed by atoms with E-state index in [0.29, 0.717) is 0 Å². The SMILES string of the molecule is CC(N)Cc1ccc(Sc2nc3ccccc3[nH]2)cc1Cl. The number of nitrogens with one attached hydrogen (secondary N) is 1. The Kier molecular flexibility index (Phi) is 4.19. The molecule has 3 N–H and O–H groups in total. The maximum absolute atomic E-state index is 6.32. The molecule has 3 nitrogen and oxygen atoms in total. The molecule has 0 aliphatic carbocycles. The van der Waals surface area contributed by atoms with E-state index >= 15 is 0 Å². The molecule has 0 aliphatic rings. The number of para-hydroxylation sites is 2. The standard InChI is InChI=1S/C16H16ClN3S/c1-10(18)8-11-6-7-12(9-13(11)17)21-16-19-14-4-2-3-5-15(14)20-16/h2-7,9-10H,8,18H2,1H3,(H,19,20). The molecule has 108 valence electrons. The van der Waals surface area contributed by atoms with Crippen molar-refractivity contribution in [2.24, 2.45) is 5.73 Å². The monoisotopic (exact) mass is 317 g/mol. The van der Waals surface area contributed by atoms with E-state index in [1.54, 1.807) is 11.8 Å². The number of H-pyrrole nitrogens is 1. The topological polar surface area (TPSA) is 54.7 Å². The molecule has 1 heterocycles. The molecular weight excluding hydrogens is 302 g/mol. The van der Waals surface area contributed by atoms with Gasteiger partial charge in [0.15, 0.2) is 5.16 Å². The molecule has 3 rings (SSSR count). The molecule has 0 saturated carbocycles. The maximum Gasteiger partial charge on any atom is 0.171 e. The van der Waals surface area contributed by atoms with E-state index < -0.39 is 0 Å². The Hall–Kier alpha value is -1.49. The van der Waals surface area contributed by atoms with Crippen LogP contribution in [0.5, 0.6) is 0 Å². The summed E-state index contributed by atoms with van der Waals surface area (Å²) in [5.74, 6) is 0. The summed E-state index contributed by atoms with van der Waals surface area (Å²) < 4.78 is 0. The van der Waals surface area contributed by atoms with Gasteiger partial charge in [-0.05, 0) is 43.2 Å². The fourth-order valence-electron chi connectivity index (χ4n) is 2.19. The molecule has 2 aromatic carbocycles. The Morgan fingerprint density at radius 3 is 2.81 bits per heavy atom. The predicted octanol–water partition coefficient (Wildman–Crippen LogP) is 4.26. The number of hydrogen-bond acceptors (Lipinski definition) is 3. The summed E-state index contributed by atoms with van der Waals surface area (Å²) in [6.07, 6.45) is 0.786. The molecule has 1 aromatic heterocycles. The number of nitrogens with zero attached hydrogens (tertiary/aromatic N) is 1. The van der Waals surface area contributed by atoms with Gasteiger partial charge in [0.2, 0.25) is 0 Å². The van der Waals surface area contributed by atoms with Crippen molar-refractivity contribution in [1.29, 1.82) is 0 Å². The van der Waals surface area contributed by atoms with Crippen LogP contribution in [0.15, 0.2) is 52.5 Å². The van der Waals surface area contributed by atoms with Gasteiger partial charge >= 0.3 is 0 Å². The first-order chi connectivity index (χ1) is 10.1. The summed E-state index contributed by atoms with van der Waals surface area (Å²) in [7, 11) is 0. The number of imidazole rings is 1. The number of benzene rings is 2. The Balaban J connectivity index is 1.82. The summed E-state index contributed by atoms with van der Waals surface area (Å²) in [5, 5.41) is 1.63. The van der Waals surface area contributed by atoms with Crippen LogP contribution in [0.4, 0.5) is 0 Å². The summed E-state index contributed by atoms with van der Waals surface area (Å²) >= 11 is 7.89. The lowest BCUT2D eigenvalue weighted by atomic mass is 10.1. The van der Waals surface area contributed by atoms with Gasteiger partial charge in [0.05, 0.1) is 11.0 Å². The lowest BCUT2D eigenvalue weighted by Gasteiger charge is -2.08. The normalized spacial score (nSPS) is 12.7. The Bertz CT molecular complexity index is 734. The van der Waals surface area contributed by atoms with Crippen molar-refractivity contribution >= 4 is 34.4 Å². The highest BCUT2D eigenvalue weighted by Gasteiger charge is 2.08. The highest BCUT2D eigenvalue weighted by atomic mass is 35.5. The van der Waals surface area contributed by atoms with Crippen LogP contribution in [0.2, 0.25) is 5.02 Å². The minimum atomic E-state index is 0.108. The molecule has 0 bridgehead atoms. The van der Waals surface area contributed by atoms with Crippen LogP contribution in [-0.2, 0) is 6.42 Å². The molecule has 5 heteroatoms. The molecular formula is C16H16ClN3S. The molecule has 1 unspecified atom stereocenters. The van der Waals surface area contributed by atoms with E-state index in [0.717, 1.165) is 38.1 Å². The molecule has 0 fully saturated rings. The molecule has 3 aromatic rings. The Morgan fingerprint density at radius 1 is 1.29 bits per heavy atom. The van der Waals surface area contributed by atoms with Crippen LogP contribution >= 0.6 is 23.4 Å². The molecule has 21 heavy (non-hydrogen) atoms. The first-order valence-corrected chi connectivity index (χ1v) is 7.98. The molecule has 0 radical (unpaired) electrons. The van der Waals surface area contributed by atoms with Gasteiger partial charge in [-0.25, -0.2) is 4.98 Å². The zero-order valence-corrected chi connectivity index (χ0v) is 13.2. The lowest BCUT2D eigenvalue weighted by molar-refractivity contribution is 0.738. The first-order valence-electron chi connectivity index (χ1n) is 6.78. The third-order valence-electron chi connectivity index (χ3n) is 3.15. The van der Waals surface area contributed by atoms with Crippen molar-refractivity contribution in [2.75, 3.05) is 0 Å². The van der Waals surface area contributed by atoms with E-state index in [1.165, 1.54) is 0 Å². The van der Waals surface area contributed by atoms with Gasteiger partial charge in [-0.2, -0.15) is 0 Å². The van der Waals surface area contributed by atoms with Crippen LogP contribution in [0.25, 0.3) is 11.0 Å². The largest absolute Gasteiger partial charge is 0.333 e. The third kappa shape index (κ3) is 3.40. The third-order valence-corrected chi connectivity index (χ3v) is 4.38. The Morgan fingerprint density at radius 2 is 2.10 bits per heavy atom. The van der Waals surface area contributed by atoms with Crippen molar-refractivity contribution in [3.63, 3.8) is 0 Å². The van der Waals surface area contributed by atoms with Crippen molar-refractivity contribution in [3.05, 3.63) is 53.1 Å². The quantitative estimate of drug-likeness (QED) is 0.756. The number of fused-ring (bicyclic) bond motifs is 1. The summed E-state index contributed by atoms with van der Waals surface area (Å²) in [5.41, 5.74) is 8.92.